The number of anilines is 1. The second-order valence-electron chi connectivity index (χ2n) is 4.56. The van der Waals surface area contributed by atoms with Crippen LogP contribution < -0.4 is 16.0 Å². The summed E-state index contributed by atoms with van der Waals surface area (Å²) in [6.45, 7) is 2.96. The van der Waals surface area contributed by atoms with Gasteiger partial charge in [0.2, 0.25) is 11.8 Å². The van der Waals surface area contributed by atoms with Gasteiger partial charge in [-0.05, 0) is 31.2 Å². The normalized spacial score (nSPS) is 9.65. The lowest BCUT2D eigenvalue weighted by molar-refractivity contribution is -0.127. The molecule has 3 N–H and O–H groups in total. The Morgan fingerprint density at radius 2 is 1.65 bits per heavy atom. The van der Waals surface area contributed by atoms with Crippen LogP contribution in [0.25, 0.3) is 0 Å². The van der Waals surface area contributed by atoms with Gasteiger partial charge in [-0.15, -0.1) is 0 Å². The van der Waals surface area contributed by atoms with E-state index in [0.717, 1.165) is 0 Å². The van der Waals surface area contributed by atoms with Crippen LogP contribution in [0.15, 0.2) is 24.3 Å². The number of benzene rings is 1. The first-order chi connectivity index (χ1) is 10.9. The van der Waals surface area contributed by atoms with Crippen molar-refractivity contribution in [1.29, 1.82) is 0 Å². The summed E-state index contributed by atoms with van der Waals surface area (Å²) in [7, 11) is 0. The van der Waals surface area contributed by atoms with E-state index in [-0.39, 0.29) is 23.9 Å². The van der Waals surface area contributed by atoms with Gasteiger partial charge in [-0.3, -0.25) is 14.4 Å². The molecule has 0 aliphatic carbocycles. The van der Waals surface area contributed by atoms with Crippen molar-refractivity contribution in [3.8, 4) is 0 Å². The summed E-state index contributed by atoms with van der Waals surface area (Å²) in [4.78, 5) is 45.2. The summed E-state index contributed by atoms with van der Waals surface area (Å²) in [6, 6.07) is 6.04. The number of esters is 1. The smallest absolute Gasteiger partial charge is 0.338 e. The van der Waals surface area contributed by atoms with Crippen LogP contribution >= 0.6 is 0 Å². The molecule has 0 aliphatic heterocycles. The molecular weight excluding hydrogens is 302 g/mol. The van der Waals surface area contributed by atoms with Gasteiger partial charge >= 0.3 is 5.97 Å². The number of likely N-dealkylation sites (N-methyl/N-ethyl adjacent to an activating group) is 1. The van der Waals surface area contributed by atoms with Gasteiger partial charge in [0.1, 0.15) is 0 Å². The third-order valence-electron chi connectivity index (χ3n) is 2.60. The zero-order chi connectivity index (χ0) is 17.2. The van der Waals surface area contributed by atoms with Gasteiger partial charge in [-0.2, -0.15) is 0 Å². The Bertz CT molecular complexity index is 583. The molecule has 1 aromatic carbocycles. The molecule has 0 unspecified atom stereocenters. The highest BCUT2D eigenvalue weighted by atomic mass is 16.5. The predicted octanol–water partition coefficient (Wildman–Crippen LogP) is 0.0541. The molecule has 0 saturated heterocycles. The molecule has 3 amide bonds. The quantitative estimate of drug-likeness (QED) is 0.614. The fourth-order valence-electron chi connectivity index (χ4n) is 1.60. The number of carbonyl (C=O) groups is 4. The maximum atomic E-state index is 11.8. The van der Waals surface area contributed by atoms with Gasteiger partial charge in [0.15, 0.2) is 6.61 Å². The monoisotopic (exact) mass is 321 g/mol. The molecule has 0 spiro atoms. The predicted molar refractivity (Wildman–Crippen MR) is 82.7 cm³/mol. The summed E-state index contributed by atoms with van der Waals surface area (Å²) in [6.07, 6.45) is 0. The Balaban J connectivity index is 2.39. The van der Waals surface area contributed by atoms with E-state index in [4.69, 9.17) is 4.74 Å². The van der Waals surface area contributed by atoms with E-state index in [1.165, 1.54) is 19.1 Å². The Labute approximate surface area is 133 Å². The molecule has 1 aromatic rings. The van der Waals surface area contributed by atoms with E-state index in [0.29, 0.717) is 12.2 Å². The van der Waals surface area contributed by atoms with E-state index in [9.17, 15) is 19.2 Å². The highest BCUT2D eigenvalue weighted by Crippen LogP contribution is 2.10. The molecule has 8 heteroatoms. The average molecular weight is 321 g/mol. The summed E-state index contributed by atoms with van der Waals surface area (Å²) in [5.74, 6) is -1.78. The molecule has 8 nitrogen and oxygen atoms in total. The first kappa shape index (κ1) is 18.1. The average Bonchev–Trinajstić information content (AvgIpc) is 2.51. The van der Waals surface area contributed by atoms with E-state index in [1.807, 2.05) is 0 Å². The van der Waals surface area contributed by atoms with E-state index >= 15 is 0 Å². The topological polar surface area (TPSA) is 114 Å². The van der Waals surface area contributed by atoms with E-state index in [2.05, 4.69) is 16.0 Å². The minimum Gasteiger partial charge on any atom is -0.452 e. The van der Waals surface area contributed by atoms with Crippen molar-refractivity contribution in [3.05, 3.63) is 29.8 Å². The molecule has 124 valence electrons. The van der Waals surface area contributed by atoms with Crippen molar-refractivity contribution in [3.63, 3.8) is 0 Å². The molecular formula is C15H19N3O5. The van der Waals surface area contributed by atoms with Crippen LogP contribution in [0.5, 0.6) is 0 Å². The zero-order valence-corrected chi connectivity index (χ0v) is 13.0. The summed E-state index contributed by atoms with van der Waals surface area (Å²) < 4.78 is 4.83. The molecule has 0 radical (unpaired) electrons. The van der Waals surface area contributed by atoms with Crippen LogP contribution in [-0.4, -0.2) is 43.4 Å². The van der Waals surface area contributed by atoms with Crippen LogP contribution in [0.2, 0.25) is 0 Å². The van der Waals surface area contributed by atoms with Gasteiger partial charge in [-0.1, -0.05) is 0 Å². The molecule has 0 saturated carbocycles. The number of amides is 3. The zero-order valence-electron chi connectivity index (χ0n) is 13.0. The maximum Gasteiger partial charge on any atom is 0.338 e. The van der Waals surface area contributed by atoms with E-state index < -0.39 is 18.5 Å². The van der Waals surface area contributed by atoms with Crippen LogP contribution in [-0.2, 0) is 19.1 Å². The second kappa shape index (κ2) is 9.19. The summed E-state index contributed by atoms with van der Waals surface area (Å²) in [5.41, 5.74) is 0.796. The minimum atomic E-state index is -0.674. The SMILES string of the molecule is CCNC(=O)CNC(=O)COC(=O)c1ccc(NC(C)=O)cc1. The Morgan fingerprint density at radius 1 is 1.00 bits per heavy atom. The van der Waals surface area contributed by atoms with Crippen LogP contribution in [0.1, 0.15) is 24.2 Å². The largest absolute Gasteiger partial charge is 0.452 e. The van der Waals surface area contributed by atoms with Crippen LogP contribution in [0, 0.1) is 0 Å². The molecule has 0 aliphatic rings. The van der Waals surface area contributed by atoms with Crippen molar-refractivity contribution in [1.82, 2.24) is 10.6 Å². The lowest BCUT2D eigenvalue weighted by atomic mass is 10.2. The third-order valence-corrected chi connectivity index (χ3v) is 2.60. The first-order valence-electron chi connectivity index (χ1n) is 7.00. The molecule has 0 atom stereocenters. The number of nitrogens with one attached hydrogen (secondary N) is 3. The minimum absolute atomic E-state index is 0.171. The number of hydrogen-bond acceptors (Lipinski definition) is 5. The highest BCUT2D eigenvalue weighted by molar-refractivity contribution is 5.93. The number of ether oxygens (including phenoxy) is 1. The van der Waals surface area contributed by atoms with Gasteiger partial charge < -0.3 is 20.7 Å². The van der Waals surface area contributed by atoms with Crippen molar-refractivity contribution >= 4 is 29.4 Å². The van der Waals surface area contributed by atoms with Crippen LogP contribution in [0.3, 0.4) is 0 Å². The lowest BCUT2D eigenvalue weighted by Crippen LogP contribution is -2.38. The third kappa shape index (κ3) is 7.07. The van der Waals surface area contributed by atoms with Gasteiger partial charge in [-0.25, -0.2) is 4.79 Å². The molecule has 0 fully saturated rings. The fourth-order valence-corrected chi connectivity index (χ4v) is 1.60. The standard InChI is InChI=1S/C15H19N3O5/c1-3-16-13(20)8-17-14(21)9-23-15(22)11-4-6-12(7-5-11)18-10(2)19/h4-7H,3,8-9H2,1-2H3,(H,16,20)(H,17,21)(H,18,19). The molecule has 0 heterocycles. The fraction of sp³-hybridized carbons (Fsp3) is 0.333. The van der Waals surface area contributed by atoms with E-state index in [1.54, 1.807) is 19.1 Å². The molecule has 0 aromatic heterocycles. The van der Waals surface area contributed by atoms with Crippen molar-refractivity contribution < 1.29 is 23.9 Å². The maximum absolute atomic E-state index is 11.8. The van der Waals surface area contributed by atoms with Crippen LogP contribution in [0.4, 0.5) is 5.69 Å². The van der Waals surface area contributed by atoms with Crippen molar-refractivity contribution in [2.45, 2.75) is 13.8 Å². The molecule has 23 heavy (non-hydrogen) atoms. The van der Waals surface area contributed by atoms with Crippen molar-refractivity contribution in [2.75, 3.05) is 25.0 Å². The molecule has 0 bridgehead atoms. The number of hydrogen-bond donors (Lipinski definition) is 3. The Kier molecular flexibility index (Phi) is 7.25. The Morgan fingerprint density at radius 3 is 2.22 bits per heavy atom. The summed E-state index contributed by atoms with van der Waals surface area (Å²) in [5, 5.41) is 7.41. The van der Waals surface area contributed by atoms with Crippen molar-refractivity contribution in [2.24, 2.45) is 0 Å². The summed E-state index contributed by atoms with van der Waals surface area (Å²) >= 11 is 0. The number of carbonyl (C=O) groups excluding carboxylic acids is 4. The van der Waals surface area contributed by atoms with Gasteiger partial charge in [0, 0.05) is 19.2 Å². The lowest BCUT2D eigenvalue weighted by Gasteiger charge is -2.07. The van der Waals surface area contributed by atoms with Gasteiger partial charge in [0.25, 0.3) is 5.91 Å². The highest BCUT2D eigenvalue weighted by Gasteiger charge is 2.11. The second-order valence-corrected chi connectivity index (χ2v) is 4.56. The molecule has 1 rings (SSSR count). The number of rotatable bonds is 7. The Hall–Kier alpha value is -2.90. The van der Waals surface area contributed by atoms with Gasteiger partial charge in [0.05, 0.1) is 12.1 Å². The first-order valence-corrected chi connectivity index (χ1v) is 7.00.